The van der Waals surface area contributed by atoms with Gasteiger partial charge in [-0.1, -0.05) is 121 Å². The van der Waals surface area contributed by atoms with Gasteiger partial charge < -0.3 is 14.5 Å². The minimum Gasteiger partial charge on any atom is -0.453 e. The summed E-state index contributed by atoms with van der Waals surface area (Å²) in [5.74, 6) is 1.18. The molecule has 0 saturated carbocycles. The molecule has 8 heteroatoms. The number of halogens is 3. The van der Waals surface area contributed by atoms with Gasteiger partial charge in [0.15, 0.2) is 19.6 Å². The number of hydrogen-bond acceptors (Lipinski definition) is 4. The van der Waals surface area contributed by atoms with Crippen LogP contribution < -0.4 is 35.3 Å². The summed E-state index contributed by atoms with van der Waals surface area (Å²) in [7, 11) is -2.80. The van der Waals surface area contributed by atoms with Crippen molar-refractivity contribution in [2.24, 2.45) is 0 Å². The van der Waals surface area contributed by atoms with Crippen molar-refractivity contribution in [2.75, 3.05) is 9.80 Å². The molecule has 0 aromatic heterocycles. The number of rotatable bonds is 3. The fourth-order valence-corrected chi connectivity index (χ4v) is 14.3. The van der Waals surface area contributed by atoms with Crippen LogP contribution in [0.2, 0.25) is 0 Å². The number of para-hydroxylation sites is 4. The number of ether oxygens (including phenoxy) is 1. The lowest BCUT2D eigenvalue weighted by atomic mass is 10.1. The molecule has 0 N–H and O–H groups in total. The molecule has 3 heterocycles. The molecule has 7 aromatic rings. The van der Waals surface area contributed by atoms with E-state index in [1.54, 1.807) is 6.07 Å². The van der Waals surface area contributed by atoms with Crippen molar-refractivity contribution < 1.29 is 17.9 Å². The van der Waals surface area contributed by atoms with Gasteiger partial charge in [0.1, 0.15) is 5.69 Å². The van der Waals surface area contributed by atoms with E-state index in [2.05, 4.69) is 120 Å². The molecule has 0 unspecified atom stereocenters. The van der Waals surface area contributed by atoms with Crippen LogP contribution >= 0.6 is 11.8 Å². The van der Waals surface area contributed by atoms with E-state index in [4.69, 9.17) is 4.74 Å². The van der Waals surface area contributed by atoms with E-state index in [-0.39, 0.29) is 0 Å². The molecule has 0 fully saturated rings. The van der Waals surface area contributed by atoms with Crippen molar-refractivity contribution in [3.8, 4) is 11.5 Å². The molecule has 3 nitrogen and oxygen atoms in total. The lowest BCUT2D eigenvalue weighted by Crippen LogP contribution is -2.77. The summed E-state index contributed by atoms with van der Waals surface area (Å²) in [6.07, 6.45) is -4.47. The second-order valence-corrected chi connectivity index (χ2v) is 17.6. The molecule has 0 atom stereocenters. The minimum atomic E-state index is -4.47. The van der Waals surface area contributed by atoms with E-state index < -0.39 is 19.8 Å². The summed E-state index contributed by atoms with van der Waals surface area (Å²) in [6, 6.07) is 54.9. The maximum Gasteiger partial charge on any atom is 0.416 e. The van der Waals surface area contributed by atoms with Crippen LogP contribution in [0, 0.1) is 0 Å². The van der Waals surface area contributed by atoms with Crippen LogP contribution in [0.15, 0.2) is 174 Å². The summed E-state index contributed by atoms with van der Waals surface area (Å²) in [4.78, 5) is 5.90. The van der Waals surface area contributed by atoms with Gasteiger partial charge in [0.2, 0.25) is 0 Å². The Labute approximate surface area is 298 Å². The molecular formula is C43H27F3N2OSSi. The van der Waals surface area contributed by atoms with Gasteiger partial charge in [0.05, 0.1) is 22.6 Å². The molecule has 7 aromatic carbocycles. The van der Waals surface area contributed by atoms with Crippen LogP contribution in [0.25, 0.3) is 0 Å². The topological polar surface area (TPSA) is 15.7 Å². The van der Waals surface area contributed by atoms with Gasteiger partial charge in [-0.3, -0.25) is 0 Å². The molecule has 0 spiro atoms. The third kappa shape index (κ3) is 4.39. The normalized spacial score (nSPS) is 14.7. The fraction of sp³-hybridized carbons (Fsp3) is 0.0233. The summed E-state index contributed by atoms with van der Waals surface area (Å²) < 4.78 is 48.6. The highest BCUT2D eigenvalue weighted by atomic mass is 32.2. The third-order valence-corrected chi connectivity index (χ3v) is 16.0. The Kier molecular flexibility index (Phi) is 6.59. The molecule has 0 bridgehead atoms. The van der Waals surface area contributed by atoms with Crippen LogP contribution in [-0.4, -0.2) is 8.07 Å². The van der Waals surface area contributed by atoms with Crippen LogP contribution in [0.5, 0.6) is 11.5 Å². The van der Waals surface area contributed by atoms with Gasteiger partial charge in [-0.25, -0.2) is 0 Å². The average molecular weight is 705 g/mol. The van der Waals surface area contributed by atoms with E-state index in [0.29, 0.717) is 22.9 Å². The molecular weight excluding hydrogens is 678 g/mol. The first-order valence-corrected chi connectivity index (χ1v) is 19.5. The van der Waals surface area contributed by atoms with E-state index in [1.807, 2.05) is 35.2 Å². The first kappa shape index (κ1) is 30.1. The van der Waals surface area contributed by atoms with Gasteiger partial charge in [-0.05, 0) is 69.3 Å². The highest BCUT2D eigenvalue weighted by Crippen LogP contribution is 2.61. The largest absolute Gasteiger partial charge is 0.453 e. The molecule has 0 radical (unpaired) electrons. The van der Waals surface area contributed by atoms with Gasteiger partial charge in [-0.2, -0.15) is 13.2 Å². The summed E-state index contributed by atoms with van der Waals surface area (Å²) in [5.41, 5.74) is 4.34. The molecule has 0 aliphatic carbocycles. The Balaban J connectivity index is 1.22. The van der Waals surface area contributed by atoms with Gasteiger partial charge in [-0.15, -0.1) is 0 Å². The zero-order valence-electron chi connectivity index (χ0n) is 26.9. The average Bonchev–Trinajstić information content (AvgIpc) is 3.16. The molecule has 0 amide bonds. The summed E-state index contributed by atoms with van der Waals surface area (Å²) >= 11 is 1.47. The minimum absolute atomic E-state index is 0.488. The van der Waals surface area contributed by atoms with Crippen molar-refractivity contribution in [1.82, 2.24) is 0 Å². The van der Waals surface area contributed by atoms with Gasteiger partial charge in [0.25, 0.3) is 0 Å². The number of fused-ring (bicyclic) bond motifs is 6. The van der Waals surface area contributed by atoms with E-state index >= 15 is 0 Å². The van der Waals surface area contributed by atoms with Crippen LogP contribution in [0.1, 0.15) is 5.56 Å². The Morgan fingerprint density at radius 1 is 0.490 bits per heavy atom. The van der Waals surface area contributed by atoms with Gasteiger partial charge in [0, 0.05) is 27.2 Å². The predicted octanol–water partition coefficient (Wildman–Crippen LogP) is 9.91. The van der Waals surface area contributed by atoms with Crippen LogP contribution in [0.4, 0.5) is 47.3 Å². The quantitative estimate of drug-likeness (QED) is 0.170. The number of nitrogens with zero attached hydrogens (tertiary/aromatic N) is 2. The highest BCUT2D eigenvalue weighted by Gasteiger charge is 2.49. The molecule has 10 rings (SSSR count). The van der Waals surface area contributed by atoms with Crippen molar-refractivity contribution >= 4 is 74.7 Å². The standard InChI is InChI=1S/C43H27F3N2OSSi/c44-43(45,46)28-23-24-38-35(25-28)48-32-17-7-10-20-36(32)49-37-26-29(27-39(50-38)42(37)48)47-33-18-8-11-21-40(33)51(30-13-3-1-4-14-30,31-15-5-2-6-16-31)41-22-12-9-19-34(41)47/h1-27H. The van der Waals surface area contributed by atoms with Crippen LogP contribution in [0.3, 0.4) is 0 Å². The number of alkyl halides is 3. The first-order chi connectivity index (χ1) is 24.9. The highest BCUT2D eigenvalue weighted by molar-refractivity contribution is 7.99. The van der Waals surface area contributed by atoms with Gasteiger partial charge >= 0.3 is 6.18 Å². The smallest absolute Gasteiger partial charge is 0.416 e. The second-order valence-electron chi connectivity index (χ2n) is 12.8. The Morgan fingerprint density at radius 2 is 1.06 bits per heavy atom. The Bertz CT molecular complexity index is 2400. The Hall–Kier alpha value is -5.70. The zero-order chi connectivity index (χ0) is 34.3. The molecule has 3 aliphatic heterocycles. The second kappa shape index (κ2) is 11.2. The number of anilines is 6. The maximum absolute atomic E-state index is 14.0. The van der Waals surface area contributed by atoms with E-state index in [9.17, 15) is 13.2 Å². The fourth-order valence-electron chi connectivity index (χ4n) is 8.05. The van der Waals surface area contributed by atoms with Crippen LogP contribution in [-0.2, 0) is 6.18 Å². The van der Waals surface area contributed by atoms with E-state index in [1.165, 1.54) is 44.6 Å². The summed E-state index contributed by atoms with van der Waals surface area (Å²) in [5, 5.41) is 5.16. The number of benzene rings is 7. The lowest BCUT2D eigenvalue weighted by molar-refractivity contribution is -0.137. The third-order valence-electron chi connectivity index (χ3n) is 10.1. The van der Waals surface area contributed by atoms with Crippen molar-refractivity contribution in [3.63, 3.8) is 0 Å². The molecule has 246 valence electrons. The molecule has 51 heavy (non-hydrogen) atoms. The SMILES string of the molecule is FC(F)(F)c1ccc2c(c1)N1c3ccccc3Oc3cc(N4c5ccccc5[Si](c5ccccc5)(c5ccccc5)c5ccccc54)cc(c31)S2. The van der Waals surface area contributed by atoms with Crippen molar-refractivity contribution in [3.05, 3.63) is 169 Å². The maximum atomic E-state index is 14.0. The Morgan fingerprint density at radius 3 is 1.69 bits per heavy atom. The predicted molar refractivity (Wildman–Crippen MR) is 202 cm³/mol. The zero-order valence-corrected chi connectivity index (χ0v) is 28.7. The van der Waals surface area contributed by atoms with Crippen molar-refractivity contribution in [2.45, 2.75) is 16.0 Å². The monoisotopic (exact) mass is 704 g/mol. The first-order valence-electron chi connectivity index (χ1n) is 16.7. The summed E-state index contributed by atoms with van der Waals surface area (Å²) in [6.45, 7) is 0. The van der Waals surface area contributed by atoms with Crippen molar-refractivity contribution in [1.29, 1.82) is 0 Å². The molecule has 0 saturated heterocycles. The van der Waals surface area contributed by atoms with E-state index in [0.717, 1.165) is 32.5 Å². The number of hydrogen-bond donors (Lipinski definition) is 0. The molecule has 3 aliphatic rings. The lowest BCUT2D eigenvalue weighted by Gasteiger charge is -2.45.